The first-order valence-corrected chi connectivity index (χ1v) is 4.08. The Morgan fingerprint density at radius 3 is 2.75 bits per heavy atom. The molecule has 3 heteroatoms. The average Bonchev–Trinajstić information content (AvgIpc) is 2.04. The lowest BCUT2D eigenvalue weighted by molar-refractivity contribution is -0.116. The van der Waals surface area contributed by atoms with E-state index in [4.69, 9.17) is 5.11 Å². The molecule has 0 aromatic carbocycles. The molecule has 0 heterocycles. The quantitative estimate of drug-likeness (QED) is 0.594. The standard InChI is InChI=1S/C9H15NO2/c1-3-5-9(12)10-8(4-2)6-7-11/h8,11H,4,6-7H2,1-2H3,(H,10,12). The predicted molar refractivity (Wildman–Crippen MR) is 47.4 cm³/mol. The first-order chi connectivity index (χ1) is 5.74. The Balaban J connectivity index is 3.82. The van der Waals surface area contributed by atoms with Gasteiger partial charge in [-0.1, -0.05) is 12.8 Å². The minimum Gasteiger partial charge on any atom is -0.396 e. The molecule has 3 nitrogen and oxygen atoms in total. The number of carbonyl (C=O) groups is 1. The van der Waals surface area contributed by atoms with E-state index in [9.17, 15) is 4.79 Å². The molecule has 0 radical (unpaired) electrons. The summed E-state index contributed by atoms with van der Waals surface area (Å²) in [6, 6.07) is 0.0448. The fourth-order valence-corrected chi connectivity index (χ4v) is 0.869. The average molecular weight is 169 g/mol. The van der Waals surface area contributed by atoms with Crippen molar-refractivity contribution in [2.24, 2.45) is 0 Å². The Hall–Kier alpha value is -1.01. The van der Waals surface area contributed by atoms with Crippen LogP contribution >= 0.6 is 0 Å². The van der Waals surface area contributed by atoms with Crippen LogP contribution in [0.4, 0.5) is 0 Å². The molecule has 0 rings (SSSR count). The molecule has 0 spiro atoms. The number of hydrogen-bond donors (Lipinski definition) is 2. The van der Waals surface area contributed by atoms with Crippen LogP contribution in [0.2, 0.25) is 0 Å². The zero-order valence-electron chi connectivity index (χ0n) is 7.55. The molecule has 0 aromatic rings. The lowest BCUT2D eigenvalue weighted by Gasteiger charge is -2.12. The molecule has 0 aliphatic carbocycles. The Bertz CT molecular complexity index is 190. The second-order valence-electron chi connectivity index (χ2n) is 2.47. The lowest BCUT2D eigenvalue weighted by atomic mass is 10.1. The number of aliphatic hydroxyl groups excluding tert-OH is 1. The van der Waals surface area contributed by atoms with Crippen LogP contribution in [0.3, 0.4) is 0 Å². The minimum absolute atomic E-state index is 0.0448. The summed E-state index contributed by atoms with van der Waals surface area (Å²) in [5, 5.41) is 11.3. The summed E-state index contributed by atoms with van der Waals surface area (Å²) in [5.41, 5.74) is 0. The third-order valence-electron chi connectivity index (χ3n) is 1.54. The van der Waals surface area contributed by atoms with E-state index in [0.29, 0.717) is 6.42 Å². The molecule has 0 aliphatic rings. The molecule has 1 unspecified atom stereocenters. The first-order valence-electron chi connectivity index (χ1n) is 4.08. The van der Waals surface area contributed by atoms with Gasteiger partial charge in [0.2, 0.25) is 0 Å². The number of rotatable bonds is 4. The van der Waals surface area contributed by atoms with Crippen molar-refractivity contribution in [3.05, 3.63) is 0 Å². The van der Waals surface area contributed by atoms with E-state index >= 15 is 0 Å². The molecule has 2 N–H and O–H groups in total. The van der Waals surface area contributed by atoms with E-state index in [2.05, 4.69) is 17.2 Å². The maximum atomic E-state index is 10.9. The SMILES string of the molecule is CC#CC(=O)NC(CC)CCO. The van der Waals surface area contributed by atoms with E-state index in [1.54, 1.807) is 6.92 Å². The van der Waals surface area contributed by atoms with Crippen LogP contribution < -0.4 is 5.32 Å². The molecule has 68 valence electrons. The van der Waals surface area contributed by atoms with Crippen LogP contribution in [-0.4, -0.2) is 23.7 Å². The molecule has 12 heavy (non-hydrogen) atoms. The Kier molecular flexibility index (Phi) is 6.12. The van der Waals surface area contributed by atoms with Gasteiger partial charge in [0.25, 0.3) is 5.91 Å². The van der Waals surface area contributed by atoms with Gasteiger partial charge in [0, 0.05) is 12.6 Å². The summed E-state index contributed by atoms with van der Waals surface area (Å²) in [5.74, 6) is 4.64. The van der Waals surface area contributed by atoms with Crippen LogP contribution in [-0.2, 0) is 4.79 Å². The van der Waals surface area contributed by atoms with Crippen molar-refractivity contribution in [2.75, 3.05) is 6.61 Å². The van der Waals surface area contributed by atoms with Gasteiger partial charge in [-0.25, -0.2) is 0 Å². The Morgan fingerprint density at radius 2 is 2.33 bits per heavy atom. The maximum Gasteiger partial charge on any atom is 0.296 e. The molecule has 1 atom stereocenters. The summed E-state index contributed by atoms with van der Waals surface area (Å²) in [4.78, 5) is 10.9. The monoisotopic (exact) mass is 169 g/mol. The van der Waals surface area contributed by atoms with Crippen molar-refractivity contribution in [1.82, 2.24) is 5.32 Å². The van der Waals surface area contributed by atoms with Crippen LogP contribution in [0.15, 0.2) is 0 Å². The third-order valence-corrected chi connectivity index (χ3v) is 1.54. The molecule has 0 aromatic heterocycles. The van der Waals surface area contributed by atoms with Crippen molar-refractivity contribution in [3.8, 4) is 11.8 Å². The molecule has 0 saturated heterocycles. The van der Waals surface area contributed by atoms with Gasteiger partial charge >= 0.3 is 0 Å². The van der Waals surface area contributed by atoms with Gasteiger partial charge in [-0.05, 0) is 25.7 Å². The Labute approximate surface area is 73.2 Å². The highest BCUT2D eigenvalue weighted by Gasteiger charge is 2.06. The van der Waals surface area contributed by atoms with Crippen molar-refractivity contribution in [3.63, 3.8) is 0 Å². The Morgan fingerprint density at radius 1 is 1.67 bits per heavy atom. The number of aliphatic hydroxyl groups is 1. The zero-order chi connectivity index (χ0) is 9.40. The van der Waals surface area contributed by atoms with Crippen molar-refractivity contribution >= 4 is 5.91 Å². The molecule has 1 amide bonds. The van der Waals surface area contributed by atoms with Gasteiger partial charge in [0.05, 0.1) is 0 Å². The van der Waals surface area contributed by atoms with Gasteiger partial charge < -0.3 is 10.4 Å². The number of nitrogens with one attached hydrogen (secondary N) is 1. The summed E-state index contributed by atoms with van der Waals surface area (Å²) in [6.07, 6.45) is 1.41. The van der Waals surface area contributed by atoms with Crippen LogP contribution in [0.25, 0.3) is 0 Å². The van der Waals surface area contributed by atoms with Gasteiger partial charge in [0.15, 0.2) is 0 Å². The fourth-order valence-electron chi connectivity index (χ4n) is 0.869. The molecule has 0 bridgehead atoms. The van der Waals surface area contributed by atoms with Gasteiger partial charge in [0.1, 0.15) is 0 Å². The van der Waals surface area contributed by atoms with Gasteiger partial charge in [-0.3, -0.25) is 4.79 Å². The molecule has 0 aliphatic heterocycles. The van der Waals surface area contributed by atoms with E-state index < -0.39 is 0 Å². The van der Waals surface area contributed by atoms with Gasteiger partial charge in [-0.2, -0.15) is 0 Å². The molecule has 0 saturated carbocycles. The van der Waals surface area contributed by atoms with Crippen molar-refractivity contribution in [2.45, 2.75) is 32.7 Å². The summed E-state index contributed by atoms with van der Waals surface area (Å²) in [6.45, 7) is 3.67. The number of carbonyl (C=O) groups excluding carboxylic acids is 1. The predicted octanol–water partition coefficient (Wildman–Crippen LogP) is 0.287. The van der Waals surface area contributed by atoms with Crippen LogP contribution in [0.1, 0.15) is 26.7 Å². The summed E-state index contributed by atoms with van der Waals surface area (Å²) < 4.78 is 0. The minimum atomic E-state index is -0.266. The zero-order valence-corrected chi connectivity index (χ0v) is 7.55. The molecular formula is C9H15NO2. The summed E-state index contributed by atoms with van der Waals surface area (Å²) >= 11 is 0. The normalized spacial score (nSPS) is 11.2. The highest BCUT2D eigenvalue weighted by atomic mass is 16.3. The number of hydrogen-bond acceptors (Lipinski definition) is 2. The van der Waals surface area contributed by atoms with E-state index in [1.807, 2.05) is 6.92 Å². The van der Waals surface area contributed by atoms with Crippen molar-refractivity contribution < 1.29 is 9.90 Å². The van der Waals surface area contributed by atoms with E-state index in [1.165, 1.54) is 0 Å². The third kappa shape index (κ3) is 4.75. The maximum absolute atomic E-state index is 10.9. The molecular weight excluding hydrogens is 154 g/mol. The van der Waals surface area contributed by atoms with Gasteiger partial charge in [-0.15, -0.1) is 0 Å². The van der Waals surface area contributed by atoms with Crippen molar-refractivity contribution in [1.29, 1.82) is 0 Å². The lowest BCUT2D eigenvalue weighted by Crippen LogP contribution is -2.34. The van der Waals surface area contributed by atoms with Crippen LogP contribution in [0.5, 0.6) is 0 Å². The molecule has 0 fully saturated rings. The highest BCUT2D eigenvalue weighted by Crippen LogP contribution is 1.95. The smallest absolute Gasteiger partial charge is 0.296 e. The van der Waals surface area contributed by atoms with E-state index in [0.717, 1.165) is 6.42 Å². The summed E-state index contributed by atoms with van der Waals surface area (Å²) in [7, 11) is 0. The van der Waals surface area contributed by atoms with E-state index in [-0.39, 0.29) is 18.6 Å². The second kappa shape index (κ2) is 6.68. The topological polar surface area (TPSA) is 49.3 Å². The highest BCUT2D eigenvalue weighted by molar-refractivity contribution is 5.93. The second-order valence-corrected chi connectivity index (χ2v) is 2.47. The fraction of sp³-hybridized carbons (Fsp3) is 0.667. The first kappa shape index (κ1) is 11.0. The number of amides is 1. The largest absolute Gasteiger partial charge is 0.396 e. The van der Waals surface area contributed by atoms with Crippen LogP contribution in [0, 0.1) is 11.8 Å².